The van der Waals surface area contributed by atoms with Gasteiger partial charge in [-0.3, -0.25) is 0 Å². The van der Waals surface area contributed by atoms with Gasteiger partial charge in [0.15, 0.2) is 0 Å². The van der Waals surface area contributed by atoms with Crippen molar-refractivity contribution in [1.82, 2.24) is 14.9 Å². The van der Waals surface area contributed by atoms with Crippen LogP contribution in [0.5, 0.6) is 0 Å². The van der Waals surface area contributed by atoms with Crippen LogP contribution in [0, 0.1) is 0 Å². The SMILES string of the molecule is CCCNc1cc(NCCCN2CCCC2)ncn1. The van der Waals surface area contributed by atoms with Gasteiger partial charge in [0.1, 0.15) is 18.0 Å². The van der Waals surface area contributed by atoms with E-state index in [0.717, 1.165) is 31.1 Å². The average molecular weight is 263 g/mol. The molecule has 1 aromatic heterocycles. The minimum absolute atomic E-state index is 0.902. The molecule has 0 atom stereocenters. The molecule has 106 valence electrons. The highest BCUT2D eigenvalue weighted by Crippen LogP contribution is 2.10. The first-order chi connectivity index (χ1) is 9.38. The Balaban J connectivity index is 1.66. The third-order valence-corrected chi connectivity index (χ3v) is 3.38. The Labute approximate surface area is 115 Å². The van der Waals surface area contributed by atoms with Crippen LogP contribution in [0.15, 0.2) is 12.4 Å². The lowest BCUT2D eigenvalue weighted by molar-refractivity contribution is 0.337. The monoisotopic (exact) mass is 263 g/mol. The second kappa shape index (κ2) is 7.94. The van der Waals surface area contributed by atoms with Crippen molar-refractivity contribution in [2.24, 2.45) is 0 Å². The van der Waals surface area contributed by atoms with Gasteiger partial charge < -0.3 is 15.5 Å². The Kier molecular flexibility index (Phi) is 5.88. The Hall–Kier alpha value is -1.36. The first kappa shape index (κ1) is 14.1. The van der Waals surface area contributed by atoms with Gasteiger partial charge in [-0.2, -0.15) is 0 Å². The van der Waals surface area contributed by atoms with E-state index in [9.17, 15) is 0 Å². The molecule has 5 nitrogen and oxygen atoms in total. The van der Waals surface area contributed by atoms with E-state index in [0.29, 0.717) is 0 Å². The standard InChI is InChI=1S/C14H25N5/c1-2-6-15-13-11-14(18-12-17-13)16-7-5-10-19-8-3-4-9-19/h11-12H,2-10H2,1H3,(H2,15,16,17,18). The molecule has 0 aromatic carbocycles. The number of nitrogens with zero attached hydrogens (tertiary/aromatic N) is 3. The zero-order valence-corrected chi connectivity index (χ0v) is 11.9. The number of aromatic nitrogens is 2. The lowest BCUT2D eigenvalue weighted by atomic mass is 10.4. The van der Waals surface area contributed by atoms with Crippen molar-refractivity contribution in [3.8, 4) is 0 Å². The van der Waals surface area contributed by atoms with Gasteiger partial charge in [0.25, 0.3) is 0 Å². The molecule has 2 heterocycles. The fourth-order valence-corrected chi connectivity index (χ4v) is 2.33. The second-order valence-corrected chi connectivity index (χ2v) is 5.04. The van der Waals surface area contributed by atoms with E-state index in [-0.39, 0.29) is 0 Å². The molecular weight excluding hydrogens is 238 g/mol. The first-order valence-corrected chi connectivity index (χ1v) is 7.40. The Morgan fingerprint density at radius 2 is 1.79 bits per heavy atom. The molecule has 1 aromatic rings. The Morgan fingerprint density at radius 1 is 1.11 bits per heavy atom. The van der Waals surface area contributed by atoms with Gasteiger partial charge in [-0.15, -0.1) is 0 Å². The number of anilines is 2. The maximum atomic E-state index is 4.24. The molecule has 19 heavy (non-hydrogen) atoms. The molecule has 0 spiro atoms. The predicted octanol–water partition coefficient (Wildman–Crippen LogP) is 2.20. The van der Waals surface area contributed by atoms with Gasteiger partial charge in [0.2, 0.25) is 0 Å². The average Bonchev–Trinajstić information content (AvgIpc) is 2.95. The first-order valence-electron chi connectivity index (χ1n) is 7.40. The summed E-state index contributed by atoms with van der Waals surface area (Å²) >= 11 is 0. The van der Waals surface area contributed by atoms with Crippen molar-refractivity contribution < 1.29 is 0 Å². The quantitative estimate of drug-likeness (QED) is 0.704. The van der Waals surface area contributed by atoms with Crippen LogP contribution in [0.3, 0.4) is 0 Å². The molecule has 5 heteroatoms. The second-order valence-electron chi connectivity index (χ2n) is 5.04. The molecule has 2 rings (SSSR count). The van der Waals surface area contributed by atoms with Crippen LogP contribution >= 0.6 is 0 Å². The van der Waals surface area contributed by atoms with Gasteiger partial charge in [-0.1, -0.05) is 6.92 Å². The molecule has 1 fully saturated rings. The van der Waals surface area contributed by atoms with Gasteiger partial charge in [-0.05, 0) is 45.3 Å². The van der Waals surface area contributed by atoms with E-state index < -0.39 is 0 Å². The number of rotatable bonds is 8. The fourth-order valence-electron chi connectivity index (χ4n) is 2.33. The van der Waals surface area contributed by atoms with E-state index >= 15 is 0 Å². The molecule has 0 aliphatic carbocycles. The summed E-state index contributed by atoms with van der Waals surface area (Å²) in [5.74, 6) is 1.81. The van der Waals surface area contributed by atoms with Crippen LogP contribution in [0.25, 0.3) is 0 Å². The van der Waals surface area contributed by atoms with Crippen LogP contribution in [-0.2, 0) is 0 Å². The zero-order valence-electron chi connectivity index (χ0n) is 11.9. The summed E-state index contributed by atoms with van der Waals surface area (Å²) in [6, 6.07) is 1.98. The van der Waals surface area contributed by atoms with E-state index in [1.165, 1.54) is 38.9 Å². The fraction of sp³-hybridized carbons (Fsp3) is 0.714. The lowest BCUT2D eigenvalue weighted by Gasteiger charge is -2.14. The van der Waals surface area contributed by atoms with Crippen LogP contribution in [-0.4, -0.2) is 47.6 Å². The van der Waals surface area contributed by atoms with Crippen LogP contribution in [0.4, 0.5) is 11.6 Å². The molecule has 0 amide bonds. The van der Waals surface area contributed by atoms with E-state index in [1.54, 1.807) is 6.33 Å². The van der Waals surface area contributed by atoms with E-state index in [2.05, 4.69) is 32.4 Å². The third kappa shape index (κ3) is 5.03. The van der Waals surface area contributed by atoms with Crippen molar-refractivity contribution in [3.63, 3.8) is 0 Å². The normalized spacial score (nSPS) is 15.6. The third-order valence-electron chi connectivity index (χ3n) is 3.38. The van der Waals surface area contributed by atoms with Crippen LogP contribution < -0.4 is 10.6 Å². The molecule has 0 saturated carbocycles. The summed E-state index contributed by atoms with van der Waals surface area (Å²) in [6.07, 6.45) is 6.61. The van der Waals surface area contributed by atoms with Crippen molar-refractivity contribution >= 4 is 11.6 Å². The van der Waals surface area contributed by atoms with Gasteiger partial charge in [0, 0.05) is 19.2 Å². The summed E-state index contributed by atoms with van der Waals surface area (Å²) in [6.45, 7) is 7.81. The lowest BCUT2D eigenvalue weighted by Crippen LogP contribution is -2.22. The highest BCUT2D eigenvalue weighted by atomic mass is 15.1. The summed E-state index contributed by atoms with van der Waals surface area (Å²) < 4.78 is 0. The van der Waals surface area contributed by atoms with Gasteiger partial charge in [-0.25, -0.2) is 9.97 Å². The van der Waals surface area contributed by atoms with Crippen molar-refractivity contribution in [1.29, 1.82) is 0 Å². The summed E-state index contributed by atoms with van der Waals surface area (Å²) in [5, 5.41) is 6.64. The highest BCUT2D eigenvalue weighted by molar-refractivity contribution is 5.46. The number of likely N-dealkylation sites (tertiary alicyclic amines) is 1. The molecule has 1 aliphatic heterocycles. The number of nitrogens with one attached hydrogen (secondary N) is 2. The molecule has 0 radical (unpaired) electrons. The molecule has 1 saturated heterocycles. The minimum Gasteiger partial charge on any atom is -0.370 e. The Bertz CT molecular complexity index is 363. The number of hydrogen-bond acceptors (Lipinski definition) is 5. The summed E-state index contributed by atoms with van der Waals surface area (Å²) in [7, 11) is 0. The highest BCUT2D eigenvalue weighted by Gasteiger charge is 2.10. The number of hydrogen-bond donors (Lipinski definition) is 2. The van der Waals surface area contributed by atoms with E-state index in [1.807, 2.05) is 6.07 Å². The Morgan fingerprint density at radius 3 is 2.47 bits per heavy atom. The van der Waals surface area contributed by atoms with E-state index in [4.69, 9.17) is 0 Å². The van der Waals surface area contributed by atoms with Crippen LogP contribution in [0.2, 0.25) is 0 Å². The van der Waals surface area contributed by atoms with Crippen LogP contribution in [0.1, 0.15) is 32.6 Å². The van der Waals surface area contributed by atoms with Gasteiger partial charge >= 0.3 is 0 Å². The maximum absolute atomic E-state index is 4.24. The molecular formula is C14H25N5. The summed E-state index contributed by atoms with van der Waals surface area (Å²) in [5.41, 5.74) is 0. The molecule has 0 unspecified atom stereocenters. The molecule has 0 bridgehead atoms. The topological polar surface area (TPSA) is 53.1 Å². The smallest absolute Gasteiger partial charge is 0.131 e. The largest absolute Gasteiger partial charge is 0.370 e. The van der Waals surface area contributed by atoms with Crippen molar-refractivity contribution in [2.75, 3.05) is 43.4 Å². The van der Waals surface area contributed by atoms with Crippen molar-refractivity contribution in [2.45, 2.75) is 32.6 Å². The predicted molar refractivity (Wildman–Crippen MR) is 79.6 cm³/mol. The molecule has 1 aliphatic rings. The zero-order chi connectivity index (χ0) is 13.3. The van der Waals surface area contributed by atoms with Crippen molar-refractivity contribution in [3.05, 3.63) is 12.4 Å². The van der Waals surface area contributed by atoms with Gasteiger partial charge in [0.05, 0.1) is 0 Å². The summed E-state index contributed by atoms with van der Waals surface area (Å²) in [4.78, 5) is 11.0. The maximum Gasteiger partial charge on any atom is 0.131 e. The minimum atomic E-state index is 0.902. The molecule has 2 N–H and O–H groups in total.